The molecule has 0 radical (unpaired) electrons. The van der Waals surface area contributed by atoms with Crippen LogP contribution in [0.2, 0.25) is 0 Å². The van der Waals surface area contributed by atoms with Gasteiger partial charge in [-0.15, -0.1) is 11.3 Å². The Kier molecular flexibility index (Phi) is 4.40. The molecule has 0 saturated heterocycles. The Morgan fingerprint density at radius 3 is 3.10 bits per heavy atom. The van der Waals surface area contributed by atoms with Gasteiger partial charge in [0.05, 0.1) is 0 Å². The van der Waals surface area contributed by atoms with Gasteiger partial charge in [-0.05, 0) is 30.9 Å². The molecule has 0 aromatic carbocycles. The molecule has 20 heavy (non-hydrogen) atoms. The van der Waals surface area contributed by atoms with Gasteiger partial charge in [0, 0.05) is 48.2 Å². The van der Waals surface area contributed by atoms with E-state index >= 15 is 0 Å². The van der Waals surface area contributed by atoms with Crippen LogP contribution in [-0.2, 0) is 6.54 Å². The fourth-order valence-corrected chi connectivity index (χ4v) is 3.62. The van der Waals surface area contributed by atoms with Crippen molar-refractivity contribution in [3.8, 4) is 10.6 Å². The van der Waals surface area contributed by atoms with Crippen LogP contribution >= 0.6 is 11.3 Å². The summed E-state index contributed by atoms with van der Waals surface area (Å²) in [5.74, 6) is 0.417. The molecule has 1 aliphatic carbocycles. The summed E-state index contributed by atoms with van der Waals surface area (Å²) >= 11 is 1.70. The highest BCUT2D eigenvalue weighted by Crippen LogP contribution is 2.27. The maximum atomic E-state index is 9.33. The van der Waals surface area contributed by atoms with Crippen LogP contribution < -0.4 is 5.32 Å². The largest absolute Gasteiger partial charge is 0.396 e. The van der Waals surface area contributed by atoms with E-state index in [1.807, 2.05) is 24.5 Å². The third-order valence-corrected chi connectivity index (χ3v) is 4.94. The van der Waals surface area contributed by atoms with Gasteiger partial charge in [0.25, 0.3) is 0 Å². The fraction of sp³-hybridized carbons (Fsp3) is 0.467. The Labute approximate surface area is 122 Å². The normalized spacial score (nSPS) is 22.2. The van der Waals surface area contributed by atoms with Crippen molar-refractivity contribution in [3.05, 3.63) is 35.6 Å². The third-order valence-electron chi connectivity index (χ3n) is 3.89. The van der Waals surface area contributed by atoms with E-state index in [4.69, 9.17) is 0 Å². The van der Waals surface area contributed by atoms with Gasteiger partial charge in [0.15, 0.2) is 0 Å². The van der Waals surface area contributed by atoms with E-state index in [0.29, 0.717) is 18.6 Å². The zero-order chi connectivity index (χ0) is 13.8. The summed E-state index contributed by atoms with van der Waals surface area (Å²) in [4.78, 5) is 9.81. The predicted octanol–water partition coefficient (Wildman–Crippen LogP) is 2.46. The molecule has 0 bridgehead atoms. The van der Waals surface area contributed by atoms with Gasteiger partial charge in [-0.25, -0.2) is 4.98 Å². The number of rotatable bonds is 5. The van der Waals surface area contributed by atoms with Crippen LogP contribution in [-0.4, -0.2) is 27.7 Å². The zero-order valence-corrected chi connectivity index (χ0v) is 12.1. The van der Waals surface area contributed by atoms with Crippen molar-refractivity contribution in [2.24, 2.45) is 5.92 Å². The summed E-state index contributed by atoms with van der Waals surface area (Å²) in [5, 5.41) is 13.9. The molecule has 5 heteroatoms. The molecule has 2 unspecified atom stereocenters. The Morgan fingerprint density at radius 2 is 2.30 bits per heavy atom. The average Bonchev–Trinajstić information content (AvgIpc) is 3.15. The number of aliphatic hydroxyl groups excluding tert-OH is 1. The van der Waals surface area contributed by atoms with Gasteiger partial charge in [-0.2, -0.15) is 0 Å². The van der Waals surface area contributed by atoms with E-state index in [9.17, 15) is 5.11 Å². The summed E-state index contributed by atoms with van der Waals surface area (Å²) in [6.45, 7) is 1.13. The second-order valence-electron chi connectivity index (χ2n) is 5.23. The molecule has 1 aliphatic rings. The maximum absolute atomic E-state index is 9.33. The van der Waals surface area contributed by atoms with E-state index in [1.165, 1.54) is 17.7 Å². The van der Waals surface area contributed by atoms with Crippen molar-refractivity contribution in [3.63, 3.8) is 0 Å². The number of aromatic nitrogens is 2. The second kappa shape index (κ2) is 6.43. The Balaban J connectivity index is 1.60. The molecule has 2 heterocycles. The van der Waals surface area contributed by atoms with Crippen LogP contribution in [0.25, 0.3) is 10.6 Å². The molecule has 1 fully saturated rings. The van der Waals surface area contributed by atoms with Crippen LogP contribution in [0.4, 0.5) is 0 Å². The fourth-order valence-electron chi connectivity index (χ4n) is 2.77. The summed E-state index contributed by atoms with van der Waals surface area (Å²) in [7, 11) is 0. The monoisotopic (exact) mass is 289 g/mol. The van der Waals surface area contributed by atoms with Crippen LogP contribution in [0.3, 0.4) is 0 Å². The lowest BCUT2D eigenvalue weighted by Crippen LogP contribution is -2.33. The van der Waals surface area contributed by atoms with Crippen molar-refractivity contribution < 1.29 is 5.11 Å². The number of nitrogens with zero attached hydrogens (tertiary/aromatic N) is 2. The number of hydrogen-bond acceptors (Lipinski definition) is 5. The summed E-state index contributed by atoms with van der Waals surface area (Å²) in [6.07, 6.45) is 9.07. The van der Waals surface area contributed by atoms with Crippen LogP contribution in [0.5, 0.6) is 0 Å². The molecule has 1 saturated carbocycles. The van der Waals surface area contributed by atoms with Crippen LogP contribution in [0.15, 0.2) is 30.7 Å². The minimum atomic E-state index is 0.293. The van der Waals surface area contributed by atoms with Gasteiger partial charge >= 0.3 is 0 Å². The molecule has 0 spiro atoms. The highest BCUT2D eigenvalue weighted by atomic mass is 32.1. The van der Waals surface area contributed by atoms with E-state index in [2.05, 4.69) is 15.3 Å². The first-order chi connectivity index (χ1) is 9.86. The third kappa shape index (κ3) is 3.06. The van der Waals surface area contributed by atoms with Gasteiger partial charge in [-0.1, -0.05) is 6.42 Å². The first-order valence-electron chi connectivity index (χ1n) is 7.06. The van der Waals surface area contributed by atoms with Gasteiger partial charge in [0.2, 0.25) is 0 Å². The topological polar surface area (TPSA) is 58.0 Å². The van der Waals surface area contributed by atoms with Crippen molar-refractivity contribution in [1.82, 2.24) is 15.3 Å². The first-order valence-corrected chi connectivity index (χ1v) is 7.88. The van der Waals surface area contributed by atoms with E-state index in [0.717, 1.165) is 23.5 Å². The molecule has 3 rings (SSSR count). The summed E-state index contributed by atoms with van der Waals surface area (Å²) in [5.41, 5.74) is 1.07. The molecule has 0 amide bonds. The summed E-state index contributed by atoms with van der Waals surface area (Å²) < 4.78 is 0. The predicted molar refractivity (Wildman–Crippen MR) is 80.4 cm³/mol. The molecule has 2 N–H and O–H groups in total. The van der Waals surface area contributed by atoms with Gasteiger partial charge < -0.3 is 10.4 Å². The average molecular weight is 289 g/mol. The maximum Gasteiger partial charge on any atom is 0.125 e. The quantitative estimate of drug-likeness (QED) is 0.887. The Hall–Kier alpha value is -1.30. The van der Waals surface area contributed by atoms with Crippen molar-refractivity contribution in [1.29, 1.82) is 0 Å². The first kappa shape index (κ1) is 13.7. The molecule has 2 aromatic rings. The summed E-state index contributed by atoms with van der Waals surface area (Å²) in [6, 6.07) is 4.41. The van der Waals surface area contributed by atoms with Crippen LogP contribution in [0.1, 0.15) is 24.1 Å². The van der Waals surface area contributed by atoms with E-state index < -0.39 is 0 Å². The molecular weight excluding hydrogens is 270 g/mol. The number of pyridine rings is 1. The lowest BCUT2D eigenvalue weighted by atomic mass is 10.1. The van der Waals surface area contributed by atoms with Crippen molar-refractivity contribution in [2.45, 2.75) is 31.8 Å². The number of aliphatic hydroxyl groups is 1. The molecule has 2 atom stereocenters. The van der Waals surface area contributed by atoms with E-state index in [-0.39, 0.29) is 0 Å². The number of hydrogen-bond donors (Lipinski definition) is 2. The Bertz CT molecular complexity index is 543. The molecule has 2 aromatic heterocycles. The second-order valence-corrected chi connectivity index (χ2v) is 6.35. The lowest BCUT2D eigenvalue weighted by Gasteiger charge is -2.18. The molecule has 4 nitrogen and oxygen atoms in total. The number of thiazole rings is 1. The smallest absolute Gasteiger partial charge is 0.125 e. The standard InChI is InChI=1S/C15H19N3OS/c19-10-12-3-1-5-14(12)17-8-13-9-18-15(20-13)11-4-2-6-16-7-11/h2,4,6-7,9,12,14,17,19H,1,3,5,8,10H2. The Morgan fingerprint density at radius 1 is 1.35 bits per heavy atom. The molecule has 106 valence electrons. The molecular formula is C15H19N3OS. The highest BCUT2D eigenvalue weighted by Gasteiger charge is 2.25. The molecule has 0 aliphatic heterocycles. The minimum Gasteiger partial charge on any atom is -0.396 e. The zero-order valence-electron chi connectivity index (χ0n) is 11.3. The minimum absolute atomic E-state index is 0.293. The SMILES string of the molecule is OCC1CCCC1NCc1cnc(-c2cccnc2)s1. The van der Waals surface area contributed by atoms with Crippen molar-refractivity contribution in [2.75, 3.05) is 6.61 Å². The number of nitrogens with one attached hydrogen (secondary N) is 1. The van der Waals surface area contributed by atoms with E-state index in [1.54, 1.807) is 17.5 Å². The van der Waals surface area contributed by atoms with Crippen LogP contribution in [0, 0.1) is 5.92 Å². The lowest BCUT2D eigenvalue weighted by molar-refractivity contribution is 0.205. The van der Waals surface area contributed by atoms with Gasteiger partial charge in [0.1, 0.15) is 5.01 Å². The highest BCUT2D eigenvalue weighted by molar-refractivity contribution is 7.15. The van der Waals surface area contributed by atoms with Crippen molar-refractivity contribution >= 4 is 11.3 Å². The van der Waals surface area contributed by atoms with Gasteiger partial charge in [-0.3, -0.25) is 4.98 Å².